The zero-order valence-electron chi connectivity index (χ0n) is 19.1. The molecule has 6 nitrogen and oxygen atoms in total. The van der Waals surface area contributed by atoms with Crippen molar-refractivity contribution in [3.63, 3.8) is 0 Å². The van der Waals surface area contributed by atoms with Crippen LogP contribution >= 0.6 is 34.5 Å². The molecule has 0 aliphatic heterocycles. The summed E-state index contributed by atoms with van der Waals surface area (Å²) in [6.45, 7) is 4.13. The fraction of sp³-hybridized carbons (Fsp3) is 0.269. The molecule has 4 rings (SSSR count). The van der Waals surface area contributed by atoms with Gasteiger partial charge in [-0.2, -0.15) is 5.26 Å². The third-order valence-corrected chi connectivity index (χ3v) is 7.41. The van der Waals surface area contributed by atoms with Crippen molar-refractivity contribution in [3.05, 3.63) is 67.7 Å². The maximum absolute atomic E-state index is 13.0. The summed E-state index contributed by atoms with van der Waals surface area (Å²) in [7, 11) is 0. The Balaban J connectivity index is 1.60. The average Bonchev–Trinajstić information content (AvgIpc) is 3.41. The number of amides is 1. The highest BCUT2D eigenvalue weighted by Crippen LogP contribution is 2.40. The second-order valence-corrected chi connectivity index (χ2v) is 10.2. The zero-order chi connectivity index (χ0) is 25.1. The molecule has 0 unspecified atom stereocenters. The van der Waals surface area contributed by atoms with Gasteiger partial charge in [-0.3, -0.25) is 4.79 Å². The number of carbonyl (C=O) groups is 2. The number of fused-ring (bicyclic) bond motifs is 1. The number of rotatable bonds is 6. The Morgan fingerprint density at radius 1 is 1.31 bits per heavy atom. The molecular formula is C26H22Cl2N2O4S. The van der Waals surface area contributed by atoms with Crippen molar-refractivity contribution < 1.29 is 18.7 Å². The van der Waals surface area contributed by atoms with E-state index in [1.165, 1.54) is 17.4 Å². The molecule has 35 heavy (non-hydrogen) atoms. The minimum absolute atomic E-state index is 0.164. The topological polar surface area (TPSA) is 92.3 Å². The van der Waals surface area contributed by atoms with E-state index in [9.17, 15) is 14.9 Å². The van der Waals surface area contributed by atoms with E-state index in [0.717, 1.165) is 29.7 Å². The molecule has 180 valence electrons. The van der Waals surface area contributed by atoms with Crippen LogP contribution in [0.25, 0.3) is 17.4 Å². The molecular weight excluding hydrogens is 507 g/mol. The second-order valence-electron chi connectivity index (χ2n) is 8.23. The molecule has 2 aromatic heterocycles. The number of hydrogen-bond acceptors (Lipinski definition) is 6. The van der Waals surface area contributed by atoms with Crippen LogP contribution in [-0.2, 0) is 22.4 Å². The molecule has 1 atom stereocenters. The highest BCUT2D eigenvalue weighted by atomic mass is 35.5. The summed E-state index contributed by atoms with van der Waals surface area (Å²) in [6, 6.07) is 10.3. The number of nitriles is 1. The van der Waals surface area contributed by atoms with Crippen LogP contribution in [0.2, 0.25) is 10.0 Å². The molecule has 0 fully saturated rings. The Labute approximate surface area is 217 Å². The van der Waals surface area contributed by atoms with Crippen LogP contribution in [0, 0.1) is 17.2 Å². The number of benzene rings is 1. The van der Waals surface area contributed by atoms with Crippen molar-refractivity contribution in [1.29, 1.82) is 5.26 Å². The quantitative estimate of drug-likeness (QED) is 0.208. The fourth-order valence-corrected chi connectivity index (χ4v) is 5.88. The van der Waals surface area contributed by atoms with E-state index >= 15 is 0 Å². The van der Waals surface area contributed by atoms with Gasteiger partial charge in [-0.15, -0.1) is 11.3 Å². The predicted octanol–water partition coefficient (Wildman–Crippen LogP) is 7.16. The van der Waals surface area contributed by atoms with Gasteiger partial charge in [0, 0.05) is 21.5 Å². The van der Waals surface area contributed by atoms with Gasteiger partial charge in [0.1, 0.15) is 28.2 Å². The Bertz CT molecular complexity index is 1370. The van der Waals surface area contributed by atoms with Crippen molar-refractivity contribution in [2.45, 2.75) is 33.1 Å². The molecule has 9 heteroatoms. The van der Waals surface area contributed by atoms with Crippen LogP contribution in [0.4, 0.5) is 5.00 Å². The Kier molecular flexibility index (Phi) is 7.66. The van der Waals surface area contributed by atoms with Gasteiger partial charge in [0.15, 0.2) is 0 Å². The van der Waals surface area contributed by atoms with Crippen LogP contribution in [0.15, 0.2) is 40.3 Å². The summed E-state index contributed by atoms with van der Waals surface area (Å²) in [4.78, 5) is 26.8. The van der Waals surface area contributed by atoms with Crippen LogP contribution in [0.1, 0.15) is 46.8 Å². The first kappa shape index (κ1) is 25.1. The first-order chi connectivity index (χ1) is 16.8. The molecule has 1 N–H and O–H groups in total. The molecule has 0 spiro atoms. The molecule has 1 aliphatic carbocycles. The number of thiophene rings is 1. The van der Waals surface area contributed by atoms with E-state index in [4.69, 9.17) is 32.4 Å². The molecule has 0 saturated heterocycles. The minimum atomic E-state index is -0.632. The van der Waals surface area contributed by atoms with Crippen molar-refractivity contribution in [2.24, 2.45) is 5.92 Å². The third-order valence-electron chi connectivity index (χ3n) is 5.69. The third kappa shape index (κ3) is 5.46. The molecule has 2 heterocycles. The lowest BCUT2D eigenvalue weighted by atomic mass is 9.88. The van der Waals surface area contributed by atoms with Crippen LogP contribution < -0.4 is 5.32 Å². The molecule has 0 saturated carbocycles. The summed E-state index contributed by atoms with van der Waals surface area (Å²) in [5.41, 5.74) is 1.79. The summed E-state index contributed by atoms with van der Waals surface area (Å²) >= 11 is 13.6. The monoisotopic (exact) mass is 528 g/mol. The Morgan fingerprint density at radius 3 is 2.83 bits per heavy atom. The van der Waals surface area contributed by atoms with E-state index in [1.54, 1.807) is 37.3 Å². The van der Waals surface area contributed by atoms with Gasteiger partial charge < -0.3 is 14.5 Å². The van der Waals surface area contributed by atoms with Crippen molar-refractivity contribution >= 4 is 57.5 Å². The summed E-state index contributed by atoms with van der Waals surface area (Å²) in [5, 5.41) is 13.7. The number of anilines is 1. The molecule has 1 aliphatic rings. The van der Waals surface area contributed by atoms with E-state index in [1.807, 2.05) is 6.07 Å². The summed E-state index contributed by atoms with van der Waals surface area (Å²) in [6.07, 6.45) is 3.90. The lowest BCUT2D eigenvalue weighted by Crippen LogP contribution is -2.17. The normalized spacial score (nSPS) is 15.3. The number of ether oxygens (including phenoxy) is 1. The van der Waals surface area contributed by atoms with E-state index < -0.39 is 11.9 Å². The number of furan rings is 1. The SMILES string of the molecule is CCOC(=O)c1c(NC(=O)/C(C#N)=C/c2ccc(-c3ccc(Cl)cc3Cl)o2)sc2c1CC[C@H](C)C2. The van der Waals surface area contributed by atoms with E-state index in [0.29, 0.717) is 43.6 Å². The largest absolute Gasteiger partial charge is 0.462 e. The summed E-state index contributed by atoms with van der Waals surface area (Å²) in [5.74, 6) is 0.180. The zero-order valence-corrected chi connectivity index (χ0v) is 21.4. The van der Waals surface area contributed by atoms with Gasteiger partial charge in [0.05, 0.1) is 17.2 Å². The van der Waals surface area contributed by atoms with Crippen LogP contribution in [-0.4, -0.2) is 18.5 Å². The molecule has 0 radical (unpaired) electrons. The number of nitrogens with one attached hydrogen (secondary N) is 1. The van der Waals surface area contributed by atoms with Gasteiger partial charge in [-0.25, -0.2) is 4.79 Å². The minimum Gasteiger partial charge on any atom is -0.462 e. The standard InChI is InChI=1S/C26H22Cl2N2O4S/c1-3-33-26(32)23-19-7-4-14(2)10-22(19)35-25(23)30-24(31)15(13-29)11-17-6-9-21(34-17)18-8-5-16(27)12-20(18)28/h5-6,8-9,11-12,14H,3-4,7,10H2,1-2H3,(H,30,31)/b15-11+/t14-/m0/s1. The van der Waals surface area contributed by atoms with E-state index in [2.05, 4.69) is 12.2 Å². The average molecular weight is 529 g/mol. The maximum atomic E-state index is 13.0. The van der Waals surface area contributed by atoms with Crippen LogP contribution in [0.3, 0.4) is 0 Å². The van der Waals surface area contributed by atoms with Gasteiger partial charge in [0.25, 0.3) is 5.91 Å². The van der Waals surface area contributed by atoms with Crippen LogP contribution in [0.5, 0.6) is 0 Å². The summed E-state index contributed by atoms with van der Waals surface area (Å²) < 4.78 is 11.0. The number of esters is 1. The highest BCUT2D eigenvalue weighted by Gasteiger charge is 2.29. The number of hydrogen-bond donors (Lipinski definition) is 1. The number of nitrogens with zero attached hydrogens (tertiary/aromatic N) is 1. The molecule has 3 aromatic rings. The van der Waals surface area contributed by atoms with Gasteiger partial charge >= 0.3 is 5.97 Å². The van der Waals surface area contributed by atoms with Crippen molar-refractivity contribution in [3.8, 4) is 17.4 Å². The van der Waals surface area contributed by atoms with Gasteiger partial charge in [-0.05, 0) is 68.0 Å². The van der Waals surface area contributed by atoms with E-state index in [-0.39, 0.29) is 12.2 Å². The van der Waals surface area contributed by atoms with Gasteiger partial charge in [0.2, 0.25) is 0 Å². The Hall–Kier alpha value is -3.05. The second kappa shape index (κ2) is 10.7. The van der Waals surface area contributed by atoms with Crippen molar-refractivity contribution in [1.82, 2.24) is 0 Å². The first-order valence-electron chi connectivity index (χ1n) is 11.1. The first-order valence-corrected chi connectivity index (χ1v) is 12.7. The number of carbonyl (C=O) groups excluding carboxylic acids is 2. The molecule has 1 aromatic carbocycles. The molecule has 0 bridgehead atoms. The lowest BCUT2D eigenvalue weighted by molar-refractivity contribution is -0.112. The lowest BCUT2D eigenvalue weighted by Gasteiger charge is -2.18. The predicted molar refractivity (Wildman–Crippen MR) is 138 cm³/mol. The van der Waals surface area contributed by atoms with Gasteiger partial charge in [-0.1, -0.05) is 30.1 Å². The van der Waals surface area contributed by atoms with Crippen molar-refractivity contribution in [2.75, 3.05) is 11.9 Å². The number of halogens is 2. The fourth-order valence-electron chi connectivity index (χ4n) is 3.98. The maximum Gasteiger partial charge on any atom is 0.341 e. The molecule has 1 amide bonds. The smallest absolute Gasteiger partial charge is 0.341 e. The Morgan fingerprint density at radius 2 is 2.11 bits per heavy atom. The highest BCUT2D eigenvalue weighted by molar-refractivity contribution is 7.17.